The summed E-state index contributed by atoms with van der Waals surface area (Å²) in [6.07, 6.45) is 2.70. The average Bonchev–Trinajstić information content (AvgIpc) is 3.16. The van der Waals surface area contributed by atoms with Crippen molar-refractivity contribution in [1.29, 1.82) is 0 Å². The number of nitrogens with zero attached hydrogens (tertiary/aromatic N) is 3. The van der Waals surface area contributed by atoms with Gasteiger partial charge in [-0.15, -0.1) is 21.5 Å². The molecule has 0 saturated carbocycles. The van der Waals surface area contributed by atoms with Crippen LogP contribution in [0, 0.1) is 0 Å². The molecule has 5 heteroatoms. The molecule has 0 spiro atoms. The number of thiophene rings is 1. The zero-order valence-electron chi connectivity index (χ0n) is 11.9. The Bertz CT molecular complexity index is 661. The summed E-state index contributed by atoms with van der Waals surface area (Å²) in [4.78, 5) is 1.35. The van der Waals surface area contributed by atoms with Crippen molar-refractivity contribution in [3.05, 3.63) is 70.4 Å². The highest BCUT2D eigenvalue weighted by Gasteiger charge is 2.14. The molecule has 3 aromatic rings. The van der Waals surface area contributed by atoms with Crippen molar-refractivity contribution in [3.63, 3.8) is 0 Å². The van der Waals surface area contributed by atoms with Gasteiger partial charge in [0.1, 0.15) is 12.2 Å². The molecule has 4 nitrogen and oxygen atoms in total. The third-order valence-corrected chi connectivity index (χ3v) is 4.47. The molecule has 0 radical (unpaired) electrons. The SMILES string of the molecule is Cn1cnnc1CN[C@H](Cc1ccccc1)c1cccs1. The molecular weight excluding hydrogens is 280 g/mol. The van der Waals surface area contributed by atoms with Gasteiger partial charge in [0.15, 0.2) is 0 Å². The molecule has 0 bridgehead atoms. The highest BCUT2D eigenvalue weighted by atomic mass is 32.1. The van der Waals surface area contributed by atoms with E-state index >= 15 is 0 Å². The van der Waals surface area contributed by atoms with Gasteiger partial charge < -0.3 is 9.88 Å². The maximum atomic E-state index is 4.13. The number of hydrogen-bond acceptors (Lipinski definition) is 4. The number of aryl methyl sites for hydroxylation is 1. The highest BCUT2D eigenvalue weighted by molar-refractivity contribution is 7.10. The van der Waals surface area contributed by atoms with Gasteiger partial charge in [-0.2, -0.15) is 0 Å². The van der Waals surface area contributed by atoms with Crippen LogP contribution < -0.4 is 5.32 Å². The second kappa shape index (κ2) is 6.65. The summed E-state index contributed by atoms with van der Waals surface area (Å²) in [5.41, 5.74) is 1.33. The maximum Gasteiger partial charge on any atom is 0.146 e. The zero-order chi connectivity index (χ0) is 14.5. The van der Waals surface area contributed by atoms with E-state index in [2.05, 4.69) is 63.4 Å². The van der Waals surface area contributed by atoms with Crippen molar-refractivity contribution in [2.75, 3.05) is 0 Å². The molecule has 0 aliphatic carbocycles. The van der Waals surface area contributed by atoms with E-state index < -0.39 is 0 Å². The molecule has 0 aliphatic heterocycles. The number of nitrogens with one attached hydrogen (secondary N) is 1. The number of hydrogen-bond donors (Lipinski definition) is 1. The van der Waals surface area contributed by atoms with Crippen molar-refractivity contribution in [3.8, 4) is 0 Å². The minimum absolute atomic E-state index is 0.295. The van der Waals surface area contributed by atoms with Crippen molar-refractivity contribution < 1.29 is 0 Å². The Kier molecular flexibility index (Phi) is 4.43. The topological polar surface area (TPSA) is 42.7 Å². The van der Waals surface area contributed by atoms with Crippen LogP contribution in [0.25, 0.3) is 0 Å². The average molecular weight is 298 g/mol. The van der Waals surface area contributed by atoms with E-state index in [0.29, 0.717) is 12.6 Å². The predicted molar refractivity (Wildman–Crippen MR) is 85.0 cm³/mol. The second-order valence-corrected chi connectivity index (χ2v) is 5.98. The molecule has 0 saturated heterocycles. The summed E-state index contributed by atoms with van der Waals surface area (Å²) >= 11 is 1.79. The van der Waals surface area contributed by atoms with Crippen LogP contribution in [0.2, 0.25) is 0 Å². The monoisotopic (exact) mass is 298 g/mol. The van der Waals surface area contributed by atoms with Gasteiger partial charge in [0.2, 0.25) is 0 Å². The van der Waals surface area contributed by atoms with Gasteiger partial charge in [-0.3, -0.25) is 0 Å². The fourth-order valence-electron chi connectivity index (χ4n) is 2.29. The second-order valence-electron chi connectivity index (χ2n) is 5.00. The Labute approximate surface area is 128 Å². The zero-order valence-corrected chi connectivity index (χ0v) is 12.8. The van der Waals surface area contributed by atoms with Crippen LogP contribution in [0.5, 0.6) is 0 Å². The minimum Gasteiger partial charge on any atom is -0.320 e. The molecule has 108 valence electrons. The van der Waals surface area contributed by atoms with Gasteiger partial charge in [-0.25, -0.2) is 0 Å². The number of benzene rings is 1. The molecule has 0 aliphatic rings. The quantitative estimate of drug-likeness (QED) is 0.761. The van der Waals surface area contributed by atoms with E-state index in [1.165, 1.54) is 10.4 Å². The van der Waals surface area contributed by atoms with E-state index in [-0.39, 0.29) is 0 Å². The largest absolute Gasteiger partial charge is 0.320 e. The molecule has 0 amide bonds. The highest BCUT2D eigenvalue weighted by Crippen LogP contribution is 2.23. The third kappa shape index (κ3) is 3.56. The van der Waals surface area contributed by atoms with E-state index in [4.69, 9.17) is 0 Å². The lowest BCUT2D eigenvalue weighted by Crippen LogP contribution is -2.23. The lowest BCUT2D eigenvalue weighted by Gasteiger charge is -2.17. The third-order valence-electron chi connectivity index (χ3n) is 3.48. The van der Waals surface area contributed by atoms with E-state index in [1.54, 1.807) is 17.7 Å². The summed E-state index contributed by atoms with van der Waals surface area (Å²) in [6.45, 7) is 0.714. The standard InChI is InChI=1S/C16H18N4S/c1-20-12-18-19-16(20)11-17-14(15-8-5-9-21-15)10-13-6-3-2-4-7-13/h2-9,12,14,17H,10-11H2,1H3/t14-/m1/s1. The van der Waals surface area contributed by atoms with Crippen LogP contribution in [0.3, 0.4) is 0 Å². The van der Waals surface area contributed by atoms with Crippen LogP contribution in [0.4, 0.5) is 0 Å². The van der Waals surface area contributed by atoms with Crippen LogP contribution >= 0.6 is 11.3 Å². The van der Waals surface area contributed by atoms with Gasteiger partial charge in [0.25, 0.3) is 0 Å². The van der Waals surface area contributed by atoms with Crippen molar-refractivity contribution in [2.45, 2.75) is 19.0 Å². The maximum absolute atomic E-state index is 4.13. The van der Waals surface area contributed by atoms with Crippen molar-refractivity contribution in [1.82, 2.24) is 20.1 Å². The molecule has 21 heavy (non-hydrogen) atoms. The lowest BCUT2D eigenvalue weighted by atomic mass is 10.0. The van der Waals surface area contributed by atoms with Gasteiger partial charge in [0, 0.05) is 18.0 Å². The Hall–Kier alpha value is -1.98. The molecule has 0 unspecified atom stereocenters. The molecule has 1 aromatic carbocycles. The van der Waals surface area contributed by atoms with Crippen LogP contribution in [0.1, 0.15) is 22.3 Å². The Morgan fingerprint density at radius 3 is 2.71 bits per heavy atom. The van der Waals surface area contributed by atoms with Gasteiger partial charge in [-0.05, 0) is 23.4 Å². The summed E-state index contributed by atoms with van der Waals surface area (Å²) < 4.78 is 1.95. The summed E-state index contributed by atoms with van der Waals surface area (Å²) in [5, 5.41) is 13.8. The minimum atomic E-state index is 0.295. The first-order valence-electron chi connectivity index (χ1n) is 6.96. The first kappa shape index (κ1) is 14.0. The van der Waals surface area contributed by atoms with Crippen LogP contribution in [0.15, 0.2) is 54.2 Å². The fourth-order valence-corrected chi connectivity index (χ4v) is 3.10. The normalized spacial score (nSPS) is 12.4. The van der Waals surface area contributed by atoms with E-state index in [1.807, 2.05) is 11.6 Å². The van der Waals surface area contributed by atoms with Gasteiger partial charge >= 0.3 is 0 Å². The van der Waals surface area contributed by atoms with Crippen molar-refractivity contribution >= 4 is 11.3 Å². The molecule has 3 rings (SSSR count). The van der Waals surface area contributed by atoms with Gasteiger partial charge in [-0.1, -0.05) is 36.4 Å². The Morgan fingerprint density at radius 1 is 1.19 bits per heavy atom. The van der Waals surface area contributed by atoms with E-state index in [9.17, 15) is 0 Å². The Balaban J connectivity index is 1.72. The lowest BCUT2D eigenvalue weighted by molar-refractivity contribution is 0.518. The smallest absolute Gasteiger partial charge is 0.146 e. The predicted octanol–water partition coefficient (Wildman–Crippen LogP) is 2.95. The molecule has 2 heterocycles. The van der Waals surface area contributed by atoms with Gasteiger partial charge in [0.05, 0.1) is 6.54 Å². The summed E-state index contributed by atoms with van der Waals surface area (Å²) in [6, 6.07) is 15.1. The fraction of sp³-hybridized carbons (Fsp3) is 0.250. The molecule has 1 N–H and O–H groups in total. The van der Waals surface area contributed by atoms with Crippen molar-refractivity contribution in [2.24, 2.45) is 7.05 Å². The number of aromatic nitrogens is 3. The first-order valence-corrected chi connectivity index (χ1v) is 7.84. The number of rotatable bonds is 6. The summed E-state index contributed by atoms with van der Waals surface area (Å²) in [5.74, 6) is 0.949. The Morgan fingerprint density at radius 2 is 2.05 bits per heavy atom. The first-order chi connectivity index (χ1) is 10.3. The summed E-state index contributed by atoms with van der Waals surface area (Å²) in [7, 11) is 1.97. The van der Waals surface area contributed by atoms with Crippen LogP contribution in [-0.4, -0.2) is 14.8 Å². The molecule has 2 aromatic heterocycles. The molecule has 1 atom stereocenters. The van der Waals surface area contributed by atoms with Crippen LogP contribution in [-0.2, 0) is 20.0 Å². The molecule has 0 fully saturated rings. The molecular formula is C16H18N4S. The van der Waals surface area contributed by atoms with E-state index in [0.717, 1.165) is 12.2 Å².